The van der Waals surface area contributed by atoms with Crippen molar-refractivity contribution in [2.75, 3.05) is 0 Å². The minimum absolute atomic E-state index is 0.0510. The van der Waals surface area contributed by atoms with Crippen molar-refractivity contribution < 1.29 is 19.0 Å². The Morgan fingerprint density at radius 3 is 2.47 bits per heavy atom. The van der Waals surface area contributed by atoms with Gasteiger partial charge in [-0.15, -0.1) is 0 Å². The molecule has 2 aromatic carbocycles. The molecule has 0 amide bonds. The summed E-state index contributed by atoms with van der Waals surface area (Å²) < 4.78 is 18.9. The van der Waals surface area contributed by atoms with Gasteiger partial charge in [0.15, 0.2) is 0 Å². The second-order valence-corrected chi connectivity index (χ2v) is 4.29. The van der Waals surface area contributed by atoms with Crippen LogP contribution in [0.2, 0.25) is 5.02 Å². The van der Waals surface area contributed by atoms with E-state index in [0.717, 1.165) is 0 Å². The molecule has 0 unspecified atom stereocenters. The molecule has 0 heterocycles. The number of rotatable bonds is 4. The van der Waals surface area contributed by atoms with Crippen LogP contribution in [0.4, 0.5) is 4.39 Å². The summed E-state index contributed by atoms with van der Waals surface area (Å²) in [5.41, 5.74) is 0.553. The quantitative estimate of drug-likeness (QED) is 0.927. The van der Waals surface area contributed by atoms with Crippen molar-refractivity contribution in [3.63, 3.8) is 0 Å². The maximum absolute atomic E-state index is 13.5. The molecule has 19 heavy (non-hydrogen) atoms. The molecule has 2 aromatic rings. The lowest BCUT2D eigenvalue weighted by atomic mass is 10.2. The summed E-state index contributed by atoms with van der Waals surface area (Å²) >= 11 is 5.64. The lowest BCUT2D eigenvalue weighted by molar-refractivity contribution is 0.0697. The van der Waals surface area contributed by atoms with Gasteiger partial charge in [-0.05, 0) is 36.4 Å². The Hall–Kier alpha value is -2.07. The molecular weight excluding hydrogens is 271 g/mol. The Morgan fingerprint density at radius 2 is 1.89 bits per heavy atom. The fraction of sp³-hybridized carbons (Fsp3) is 0.0714. The van der Waals surface area contributed by atoms with E-state index < -0.39 is 11.8 Å². The van der Waals surface area contributed by atoms with Gasteiger partial charge in [-0.2, -0.15) is 0 Å². The molecule has 0 aromatic heterocycles. The standard InChI is InChI=1S/C14H10ClFO3/c15-11-4-1-10(13(16)7-11)8-19-12-5-2-9(3-6-12)14(17)18/h1-7H,8H2,(H,17,18). The number of carbonyl (C=O) groups is 1. The molecule has 0 saturated heterocycles. The molecule has 98 valence electrons. The van der Waals surface area contributed by atoms with Crippen LogP contribution in [-0.2, 0) is 6.61 Å². The third kappa shape index (κ3) is 3.45. The number of hydrogen-bond acceptors (Lipinski definition) is 2. The molecule has 0 radical (unpaired) electrons. The summed E-state index contributed by atoms with van der Waals surface area (Å²) in [5.74, 6) is -0.968. The number of hydrogen-bond donors (Lipinski definition) is 1. The van der Waals surface area contributed by atoms with Crippen molar-refractivity contribution >= 4 is 17.6 Å². The van der Waals surface area contributed by atoms with E-state index in [0.29, 0.717) is 16.3 Å². The molecule has 0 aliphatic carbocycles. The molecular formula is C14H10ClFO3. The number of carboxylic acid groups (broad SMARTS) is 1. The summed E-state index contributed by atoms with van der Waals surface area (Å²) in [4.78, 5) is 10.7. The van der Waals surface area contributed by atoms with Gasteiger partial charge in [-0.1, -0.05) is 17.7 Å². The second-order valence-electron chi connectivity index (χ2n) is 3.85. The molecule has 0 fully saturated rings. The van der Waals surface area contributed by atoms with E-state index in [1.807, 2.05) is 0 Å². The molecule has 0 bridgehead atoms. The Labute approximate surface area is 114 Å². The van der Waals surface area contributed by atoms with Crippen LogP contribution in [0.15, 0.2) is 42.5 Å². The van der Waals surface area contributed by atoms with Crippen LogP contribution >= 0.6 is 11.6 Å². The van der Waals surface area contributed by atoms with Gasteiger partial charge in [0, 0.05) is 10.6 Å². The molecule has 0 atom stereocenters. The van der Waals surface area contributed by atoms with Gasteiger partial charge in [0.05, 0.1) is 5.56 Å². The van der Waals surface area contributed by atoms with E-state index in [1.165, 1.54) is 30.3 Å². The van der Waals surface area contributed by atoms with Crippen molar-refractivity contribution in [3.05, 3.63) is 64.4 Å². The van der Waals surface area contributed by atoms with Gasteiger partial charge in [-0.3, -0.25) is 0 Å². The number of carboxylic acids is 1. The highest BCUT2D eigenvalue weighted by atomic mass is 35.5. The zero-order valence-electron chi connectivity index (χ0n) is 9.77. The Bertz CT molecular complexity index is 596. The van der Waals surface area contributed by atoms with Crippen LogP contribution in [0.1, 0.15) is 15.9 Å². The van der Waals surface area contributed by atoms with E-state index in [2.05, 4.69) is 0 Å². The summed E-state index contributed by atoms with van der Waals surface area (Å²) in [6.07, 6.45) is 0. The number of ether oxygens (including phenoxy) is 1. The van der Waals surface area contributed by atoms with Crippen molar-refractivity contribution in [1.29, 1.82) is 0 Å². The molecule has 0 aliphatic heterocycles. The third-order valence-electron chi connectivity index (χ3n) is 2.51. The maximum atomic E-state index is 13.5. The van der Waals surface area contributed by atoms with Crippen molar-refractivity contribution in [2.45, 2.75) is 6.61 Å². The van der Waals surface area contributed by atoms with Gasteiger partial charge in [0.2, 0.25) is 0 Å². The second kappa shape index (κ2) is 5.71. The third-order valence-corrected chi connectivity index (χ3v) is 2.75. The lowest BCUT2D eigenvalue weighted by Crippen LogP contribution is -1.99. The Kier molecular flexibility index (Phi) is 4.02. The van der Waals surface area contributed by atoms with Crippen LogP contribution in [-0.4, -0.2) is 11.1 Å². The van der Waals surface area contributed by atoms with E-state index in [1.54, 1.807) is 12.1 Å². The van der Waals surface area contributed by atoms with Gasteiger partial charge < -0.3 is 9.84 Å². The first kappa shape index (κ1) is 13.4. The number of halogens is 2. The summed E-state index contributed by atoms with van der Waals surface area (Å²) in [5, 5.41) is 9.07. The highest BCUT2D eigenvalue weighted by Gasteiger charge is 2.05. The highest BCUT2D eigenvalue weighted by molar-refractivity contribution is 6.30. The molecule has 0 saturated carbocycles. The Balaban J connectivity index is 2.04. The van der Waals surface area contributed by atoms with Gasteiger partial charge in [0.1, 0.15) is 18.2 Å². The maximum Gasteiger partial charge on any atom is 0.335 e. The largest absolute Gasteiger partial charge is 0.489 e. The van der Waals surface area contributed by atoms with Crippen LogP contribution in [0.3, 0.4) is 0 Å². The molecule has 5 heteroatoms. The summed E-state index contributed by atoms with van der Waals surface area (Å²) in [6, 6.07) is 10.2. The van der Waals surface area contributed by atoms with E-state index in [9.17, 15) is 9.18 Å². The van der Waals surface area contributed by atoms with Crippen molar-refractivity contribution in [2.24, 2.45) is 0 Å². The highest BCUT2D eigenvalue weighted by Crippen LogP contribution is 2.18. The predicted octanol–water partition coefficient (Wildman–Crippen LogP) is 3.76. The van der Waals surface area contributed by atoms with Crippen LogP contribution in [0, 0.1) is 5.82 Å². The smallest absolute Gasteiger partial charge is 0.335 e. The molecule has 0 aliphatic rings. The SMILES string of the molecule is O=C(O)c1ccc(OCc2ccc(Cl)cc2F)cc1. The van der Waals surface area contributed by atoms with E-state index >= 15 is 0 Å². The predicted molar refractivity (Wildman–Crippen MR) is 69.1 cm³/mol. The normalized spacial score (nSPS) is 10.2. The minimum atomic E-state index is -1.00. The van der Waals surface area contributed by atoms with E-state index in [4.69, 9.17) is 21.4 Å². The van der Waals surface area contributed by atoms with Crippen molar-refractivity contribution in [3.8, 4) is 5.75 Å². The first-order chi connectivity index (χ1) is 9.06. The van der Waals surface area contributed by atoms with Gasteiger partial charge in [0.25, 0.3) is 0 Å². The lowest BCUT2D eigenvalue weighted by Gasteiger charge is -2.07. The molecule has 1 N–H and O–H groups in total. The van der Waals surface area contributed by atoms with E-state index in [-0.39, 0.29) is 12.2 Å². The fourth-order valence-electron chi connectivity index (χ4n) is 1.49. The zero-order valence-corrected chi connectivity index (χ0v) is 10.5. The molecule has 2 rings (SSSR count). The first-order valence-corrected chi connectivity index (χ1v) is 5.84. The van der Waals surface area contributed by atoms with Crippen LogP contribution < -0.4 is 4.74 Å². The monoisotopic (exact) mass is 280 g/mol. The number of benzene rings is 2. The van der Waals surface area contributed by atoms with Crippen LogP contribution in [0.25, 0.3) is 0 Å². The molecule has 0 spiro atoms. The zero-order chi connectivity index (χ0) is 13.8. The average Bonchev–Trinajstić information content (AvgIpc) is 2.38. The topological polar surface area (TPSA) is 46.5 Å². The fourth-order valence-corrected chi connectivity index (χ4v) is 1.65. The van der Waals surface area contributed by atoms with Crippen molar-refractivity contribution in [1.82, 2.24) is 0 Å². The molecule has 3 nitrogen and oxygen atoms in total. The summed E-state index contributed by atoms with van der Waals surface area (Å²) in [7, 11) is 0. The number of aromatic carboxylic acids is 1. The van der Waals surface area contributed by atoms with Gasteiger partial charge >= 0.3 is 5.97 Å². The summed E-state index contributed by atoms with van der Waals surface area (Å²) in [6.45, 7) is 0.0510. The Morgan fingerprint density at radius 1 is 1.21 bits per heavy atom. The average molecular weight is 281 g/mol. The first-order valence-electron chi connectivity index (χ1n) is 5.46. The minimum Gasteiger partial charge on any atom is -0.489 e. The van der Waals surface area contributed by atoms with Crippen LogP contribution in [0.5, 0.6) is 5.75 Å². The van der Waals surface area contributed by atoms with Gasteiger partial charge in [-0.25, -0.2) is 9.18 Å².